The molecule has 1 aromatic rings. The first kappa shape index (κ1) is 13.3. The van der Waals surface area contributed by atoms with E-state index in [2.05, 4.69) is 5.32 Å². The number of rotatable bonds is 4. The van der Waals surface area contributed by atoms with E-state index in [1.807, 2.05) is 0 Å². The first-order chi connectivity index (χ1) is 8.99. The van der Waals surface area contributed by atoms with Gasteiger partial charge in [-0.3, -0.25) is 4.79 Å². The molecule has 6 nitrogen and oxygen atoms in total. The van der Waals surface area contributed by atoms with Crippen molar-refractivity contribution in [1.29, 1.82) is 0 Å². The number of amides is 1. The molecule has 1 aromatic carbocycles. The maximum Gasteiger partial charge on any atom is 0.265 e. The SMILES string of the molecule is Nc1cc2c(cc1C(=O)NCC(O)C(F)F)OCO2. The van der Waals surface area contributed by atoms with Crippen LogP contribution in [0.15, 0.2) is 12.1 Å². The molecule has 1 amide bonds. The highest BCUT2D eigenvalue weighted by Gasteiger charge is 2.22. The van der Waals surface area contributed by atoms with Gasteiger partial charge in [0, 0.05) is 18.3 Å². The number of fused-ring (bicyclic) bond motifs is 1. The van der Waals surface area contributed by atoms with Gasteiger partial charge in [0.1, 0.15) is 6.10 Å². The van der Waals surface area contributed by atoms with Crippen LogP contribution in [-0.2, 0) is 0 Å². The number of nitrogen functional groups attached to an aromatic ring is 1. The summed E-state index contributed by atoms with van der Waals surface area (Å²) in [5.41, 5.74) is 5.86. The number of halogens is 2. The molecule has 1 aliphatic rings. The fraction of sp³-hybridized carbons (Fsp3) is 0.364. The maximum atomic E-state index is 12.1. The summed E-state index contributed by atoms with van der Waals surface area (Å²) >= 11 is 0. The van der Waals surface area contributed by atoms with Gasteiger partial charge in [0.2, 0.25) is 6.79 Å². The van der Waals surface area contributed by atoms with Crippen molar-refractivity contribution in [2.45, 2.75) is 12.5 Å². The van der Waals surface area contributed by atoms with Gasteiger partial charge in [-0.2, -0.15) is 0 Å². The maximum absolute atomic E-state index is 12.1. The lowest BCUT2D eigenvalue weighted by molar-refractivity contribution is -0.00269. The van der Waals surface area contributed by atoms with Crippen LogP contribution in [0.1, 0.15) is 10.4 Å². The number of aliphatic hydroxyl groups is 1. The van der Waals surface area contributed by atoms with Crippen molar-refractivity contribution >= 4 is 11.6 Å². The van der Waals surface area contributed by atoms with Crippen LogP contribution in [0.3, 0.4) is 0 Å². The summed E-state index contributed by atoms with van der Waals surface area (Å²) in [6.07, 6.45) is -4.84. The van der Waals surface area contributed by atoms with Gasteiger partial charge in [-0.1, -0.05) is 0 Å². The van der Waals surface area contributed by atoms with E-state index in [-0.39, 0.29) is 18.0 Å². The molecule has 1 atom stereocenters. The van der Waals surface area contributed by atoms with E-state index in [1.165, 1.54) is 12.1 Å². The third-order valence-electron chi connectivity index (χ3n) is 2.55. The van der Waals surface area contributed by atoms with Crippen LogP contribution in [0.4, 0.5) is 14.5 Å². The molecule has 0 fully saturated rings. The number of nitrogens with two attached hydrogens (primary N) is 1. The van der Waals surface area contributed by atoms with Crippen molar-refractivity contribution in [3.05, 3.63) is 17.7 Å². The number of benzene rings is 1. The Hall–Kier alpha value is -2.09. The monoisotopic (exact) mass is 274 g/mol. The molecule has 0 spiro atoms. The van der Waals surface area contributed by atoms with E-state index in [1.54, 1.807) is 0 Å². The van der Waals surface area contributed by atoms with Gasteiger partial charge in [0.05, 0.1) is 5.56 Å². The standard InChI is InChI=1S/C11H12F2N2O4/c12-10(13)7(16)3-15-11(17)5-1-8-9(2-6(5)14)19-4-18-8/h1-2,7,10,16H,3-4,14H2,(H,15,17). The number of ether oxygens (including phenoxy) is 2. The van der Waals surface area contributed by atoms with Gasteiger partial charge in [-0.25, -0.2) is 8.78 Å². The normalized spacial score (nSPS) is 14.5. The van der Waals surface area contributed by atoms with E-state index < -0.39 is 25.0 Å². The van der Waals surface area contributed by atoms with E-state index in [4.69, 9.17) is 20.3 Å². The van der Waals surface area contributed by atoms with Gasteiger partial charge >= 0.3 is 0 Å². The van der Waals surface area contributed by atoms with Gasteiger partial charge in [0.25, 0.3) is 12.3 Å². The first-order valence-electron chi connectivity index (χ1n) is 5.42. The lowest BCUT2D eigenvalue weighted by atomic mass is 10.1. The number of anilines is 1. The van der Waals surface area contributed by atoms with E-state index >= 15 is 0 Å². The Kier molecular flexibility index (Phi) is 3.70. The second-order valence-corrected chi connectivity index (χ2v) is 3.90. The molecule has 0 bridgehead atoms. The smallest absolute Gasteiger partial charge is 0.265 e. The van der Waals surface area contributed by atoms with E-state index in [0.717, 1.165) is 0 Å². The minimum atomic E-state index is -2.92. The van der Waals surface area contributed by atoms with E-state index in [0.29, 0.717) is 11.5 Å². The lowest BCUT2D eigenvalue weighted by Crippen LogP contribution is -2.36. The molecule has 104 valence electrons. The molecule has 4 N–H and O–H groups in total. The Morgan fingerprint density at radius 2 is 2.05 bits per heavy atom. The molecular formula is C11H12F2N2O4. The number of aliphatic hydroxyl groups excluding tert-OH is 1. The Bertz CT molecular complexity index is 496. The Balaban J connectivity index is 2.07. The third kappa shape index (κ3) is 2.84. The molecule has 19 heavy (non-hydrogen) atoms. The van der Waals surface area contributed by atoms with Crippen molar-refractivity contribution in [1.82, 2.24) is 5.32 Å². The van der Waals surface area contributed by atoms with Crippen LogP contribution >= 0.6 is 0 Å². The summed E-state index contributed by atoms with van der Waals surface area (Å²) in [4.78, 5) is 11.7. The summed E-state index contributed by atoms with van der Waals surface area (Å²) < 4.78 is 34.3. The Morgan fingerprint density at radius 3 is 2.68 bits per heavy atom. The molecular weight excluding hydrogens is 262 g/mol. The zero-order valence-corrected chi connectivity index (χ0v) is 9.73. The van der Waals surface area contributed by atoms with Crippen LogP contribution in [0.5, 0.6) is 11.5 Å². The number of nitrogens with one attached hydrogen (secondary N) is 1. The number of alkyl halides is 2. The molecule has 0 radical (unpaired) electrons. The first-order valence-corrected chi connectivity index (χ1v) is 5.42. The highest BCUT2D eigenvalue weighted by atomic mass is 19.3. The molecule has 1 heterocycles. The van der Waals surface area contributed by atoms with Gasteiger partial charge < -0.3 is 25.6 Å². The summed E-state index contributed by atoms with van der Waals surface area (Å²) in [5, 5.41) is 11.1. The fourth-order valence-electron chi connectivity index (χ4n) is 1.54. The summed E-state index contributed by atoms with van der Waals surface area (Å²) in [6, 6.07) is 2.78. The van der Waals surface area contributed by atoms with Crippen molar-refractivity contribution in [2.75, 3.05) is 19.1 Å². The lowest BCUT2D eigenvalue weighted by Gasteiger charge is -2.12. The average Bonchev–Trinajstić information content (AvgIpc) is 2.81. The van der Waals surface area contributed by atoms with Crippen molar-refractivity contribution in [2.24, 2.45) is 0 Å². The predicted octanol–water partition coefficient (Wildman–Crippen LogP) is 0.353. The van der Waals surface area contributed by atoms with Crippen molar-refractivity contribution < 1.29 is 28.2 Å². The number of hydrogen-bond donors (Lipinski definition) is 3. The average molecular weight is 274 g/mol. The summed E-state index contributed by atoms with van der Waals surface area (Å²) in [5.74, 6) is 0.103. The van der Waals surface area contributed by atoms with Crippen LogP contribution in [0.25, 0.3) is 0 Å². The zero-order valence-electron chi connectivity index (χ0n) is 9.73. The topological polar surface area (TPSA) is 93.8 Å². The van der Waals surface area contributed by atoms with Gasteiger partial charge in [-0.15, -0.1) is 0 Å². The molecule has 8 heteroatoms. The second-order valence-electron chi connectivity index (χ2n) is 3.90. The number of carbonyl (C=O) groups is 1. The summed E-state index contributed by atoms with van der Waals surface area (Å²) in [7, 11) is 0. The zero-order chi connectivity index (χ0) is 14.0. The van der Waals surface area contributed by atoms with Crippen molar-refractivity contribution in [3.63, 3.8) is 0 Å². The van der Waals surface area contributed by atoms with Crippen molar-refractivity contribution in [3.8, 4) is 11.5 Å². The number of hydrogen-bond acceptors (Lipinski definition) is 5. The number of carbonyl (C=O) groups excluding carboxylic acids is 1. The quantitative estimate of drug-likeness (QED) is 0.689. The molecule has 0 saturated heterocycles. The van der Waals surface area contributed by atoms with Crippen LogP contribution < -0.4 is 20.5 Å². The Labute approximate surface area is 107 Å². The minimum absolute atomic E-state index is 0.0317. The third-order valence-corrected chi connectivity index (χ3v) is 2.55. The molecule has 1 aliphatic heterocycles. The fourth-order valence-corrected chi connectivity index (χ4v) is 1.54. The highest BCUT2D eigenvalue weighted by Crippen LogP contribution is 2.35. The Morgan fingerprint density at radius 1 is 1.42 bits per heavy atom. The molecule has 0 aromatic heterocycles. The summed E-state index contributed by atoms with van der Waals surface area (Å²) in [6.45, 7) is -0.533. The largest absolute Gasteiger partial charge is 0.454 e. The molecule has 0 saturated carbocycles. The van der Waals surface area contributed by atoms with E-state index in [9.17, 15) is 13.6 Å². The molecule has 1 unspecified atom stereocenters. The van der Waals surface area contributed by atoms with Crippen LogP contribution in [0.2, 0.25) is 0 Å². The highest BCUT2D eigenvalue weighted by molar-refractivity contribution is 6.00. The molecule has 0 aliphatic carbocycles. The predicted molar refractivity (Wildman–Crippen MR) is 61.3 cm³/mol. The molecule has 2 rings (SSSR count). The second kappa shape index (κ2) is 5.27. The van der Waals surface area contributed by atoms with Gasteiger partial charge in [-0.05, 0) is 6.07 Å². The van der Waals surface area contributed by atoms with Gasteiger partial charge in [0.15, 0.2) is 11.5 Å². The van der Waals surface area contributed by atoms with Crippen LogP contribution in [-0.4, -0.2) is 36.9 Å². The minimum Gasteiger partial charge on any atom is -0.454 e. The van der Waals surface area contributed by atoms with Crippen LogP contribution in [0, 0.1) is 0 Å².